The molecule has 0 unspecified atom stereocenters. The molecule has 2 N–H and O–H groups in total. The Morgan fingerprint density at radius 3 is 2.43 bits per heavy atom. The molecule has 0 spiro atoms. The monoisotopic (exact) mass is 341 g/mol. The molecule has 2 fully saturated rings. The van der Waals surface area contributed by atoms with Gasteiger partial charge in [0.25, 0.3) is 0 Å². The number of sulfonamides is 1. The van der Waals surface area contributed by atoms with Gasteiger partial charge in [-0.15, -0.1) is 0 Å². The van der Waals surface area contributed by atoms with Crippen LogP contribution in [0.2, 0.25) is 0 Å². The molecule has 23 heavy (non-hydrogen) atoms. The first kappa shape index (κ1) is 16.9. The van der Waals surface area contributed by atoms with Crippen LogP contribution in [0.1, 0.15) is 25.8 Å². The van der Waals surface area contributed by atoms with Crippen LogP contribution in [0.5, 0.6) is 0 Å². The predicted octanol–water partition coefficient (Wildman–Crippen LogP) is 1.17. The van der Waals surface area contributed by atoms with E-state index in [1.54, 1.807) is 38.1 Å². The van der Waals surface area contributed by atoms with E-state index in [1.807, 2.05) is 6.92 Å². The average molecular weight is 341 g/mol. The van der Waals surface area contributed by atoms with E-state index in [0.717, 1.165) is 5.56 Å². The van der Waals surface area contributed by atoms with Gasteiger partial charge in [0.2, 0.25) is 10.0 Å². The molecule has 0 aromatic heterocycles. The van der Waals surface area contributed by atoms with E-state index >= 15 is 0 Å². The molecule has 1 saturated carbocycles. The summed E-state index contributed by atoms with van der Waals surface area (Å²) in [6, 6.07) is 6.29. The lowest BCUT2D eigenvalue weighted by Gasteiger charge is -2.23. The summed E-state index contributed by atoms with van der Waals surface area (Å²) in [5, 5.41) is 9.53. The van der Waals surface area contributed by atoms with Crippen molar-refractivity contribution in [3.63, 3.8) is 0 Å². The maximum atomic E-state index is 12.6. The smallest absolute Gasteiger partial charge is 0.240 e. The van der Waals surface area contributed by atoms with Crippen molar-refractivity contribution in [1.29, 1.82) is 0 Å². The molecule has 1 aliphatic heterocycles. The third-order valence-electron chi connectivity index (χ3n) is 4.45. The quantitative estimate of drug-likeness (QED) is 0.859. The Labute approximate surface area is 136 Å². The van der Waals surface area contributed by atoms with Crippen molar-refractivity contribution in [2.24, 2.45) is 5.92 Å². The third kappa shape index (κ3) is 3.29. The first-order valence-electron chi connectivity index (χ1n) is 7.77. The number of benzene rings is 1. The van der Waals surface area contributed by atoms with Crippen LogP contribution < -0.4 is 4.72 Å². The Morgan fingerprint density at radius 1 is 1.22 bits per heavy atom. The van der Waals surface area contributed by atoms with Gasteiger partial charge in [-0.25, -0.2) is 13.1 Å². The predicted molar refractivity (Wildman–Crippen MR) is 84.3 cm³/mol. The van der Waals surface area contributed by atoms with Crippen LogP contribution in [0.3, 0.4) is 0 Å². The summed E-state index contributed by atoms with van der Waals surface area (Å²) in [6.07, 6.45) is -0.185. The van der Waals surface area contributed by atoms with E-state index in [-0.39, 0.29) is 29.6 Å². The lowest BCUT2D eigenvalue weighted by molar-refractivity contribution is -0.159. The van der Waals surface area contributed by atoms with E-state index < -0.39 is 21.9 Å². The SMILES string of the molecule is Cc1ccc(S(=O)(=O)N[C@@H]2C[C@H](CO)[C@H]3OC(C)(C)O[C@H]32)cc1. The maximum Gasteiger partial charge on any atom is 0.240 e. The highest BCUT2D eigenvalue weighted by Crippen LogP contribution is 2.41. The second kappa shape index (κ2) is 5.82. The summed E-state index contributed by atoms with van der Waals surface area (Å²) < 4.78 is 39.6. The first-order valence-corrected chi connectivity index (χ1v) is 9.26. The molecule has 1 aromatic carbocycles. The summed E-state index contributed by atoms with van der Waals surface area (Å²) >= 11 is 0. The summed E-state index contributed by atoms with van der Waals surface area (Å²) in [4.78, 5) is 0.227. The molecule has 6 nitrogen and oxygen atoms in total. The highest BCUT2D eigenvalue weighted by atomic mass is 32.2. The lowest BCUT2D eigenvalue weighted by atomic mass is 10.1. The summed E-state index contributed by atoms with van der Waals surface area (Å²) in [5.74, 6) is -0.899. The minimum Gasteiger partial charge on any atom is -0.396 e. The normalized spacial score (nSPS) is 32.9. The molecular formula is C16H23NO5S. The minimum absolute atomic E-state index is 0.0522. The van der Waals surface area contributed by atoms with Gasteiger partial charge in [0.1, 0.15) is 6.10 Å². The molecule has 1 heterocycles. The lowest BCUT2D eigenvalue weighted by Crippen LogP contribution is -2.42. The first-order chi connectivity index (χ1) is 10.7. The third-order valence-corrected chi connectivity index (χ3v) is 5.96. The van der Waals surface area contributed by atoms with E-state index in [1.165, 1.54) is 0 Å². The molecule has 2 aliphatic rings. The molecular weight excluding hydrogens is 318 g/mol. The molecule has 3 rings (SSSR count). The number of ether oxygens (including phenoxy) is 2. The van der Waals surface area contributed by atoms with Gasteiger partial charge in [0.15, 0.2) is 5.79 Å². The molecule has 1 aliphatic carbocycles. The van der Waals surface area contributed by atoms with Crippen LogP contribution in [-0.2, 0) is 19.5 Å². The Hall–Kier alpha value is -0.990. The van der Waals surface area contributed by atoms with Crippen molar-refractivity contribution in [2.45, 2.75) is 56.1 Å². The van der Waals surface area contributed by atoms with Crippen molar-refractivity contribution >= 4 is 10.0 Å². The van der Waals surface area contributed by atoms with Crippen LogP contribution in [0.4, 0.5) is 0 Å². The van der Waals surface area contributed by atoms with E-state index in [0.29, 0.717) is 6.42 Å². The summed E-state index contributed by atoms with van der Waals surface area (Å²) in [6.45, 7) is 5.45. The fourth-order valence-corrected chi connectivity index (χ4v) is 4.63. The summed E-state index contributed by atoms with van der Waals surface area (Å²) in [7, 11) is -3.64. The number of hydrogen-bond acceptors (Lipinski definition) is 5. The van der Waals surface area contributed by atoms with Crippen LogP contribution in [0, 0.1) is 12.8 Å². The molecule has 4 atom stereocenters. The van der Waals surface area contributed by atoms with Gasteiger partial charge in [-0.2, -0.15) is 0 Å². The highest BCUT2D eigenvalue weighted by Gasteiger charge is 2.54. The Morgan fingerprint density at radius 2 is 1.83 bits per heavy atom. The number of fused-ring (bicyclic) bond motifs is 1. The van der Waals surface area contributed by atoms with E-state index in [4.69, 9.17) is 9.47 Å². The Balaban J connectivity index is 1.80. The largest absolute Gasteiger partial charge is 0.396 e. The van der Waals surface area contributed by atoms with Crippen molar-refractivity contribution in [3.05, 3.63) is 29.8 Å². The minimum atomic E-state index is -3.64. The molecule has 0 bridgehead atoms. The molecule has 1 aromatic rings. The molecule has 128 valence electrons. The van der Waals surface area contributed by atoms with E-state index in [2.05, 4.69) is 4.72 Å². The van der Waals surface area contributed by atoms with Crippen LogP contribution in [0.15, 0.2) is 29.2 Å². The van der Waals surface area contributed by atoms with Crippen LogP contribution in [0.25, 0.3) is 0 Å². The van der Waals surface area contributed by atoms with Crippen molar-refractivity contribution in [1.82, 2.24) is 4.72 Å². The van der Waals surface area contributed by atoms with Gasteiger partial charge in [0, 0.05) is 12.5 Å². The number of aryl methyl sites for hydroxylation is 1. The standard InChI is InChI=1S/C16H23NO5S/c1-10-4-6-12(7-5-10)23(19,20)17-13-8-11(9-18)14-15(13)22-16(2,3)21-14/h4-7,11,13-15,17-18H,8-9H2,1-3H3/t11-,13-,14-,15+/m1/s1. The second-order valence-electron chi connectivity index (χ2n) is 6.78. The maximum absolute atomic E-state index is 12.6. The second-order valence-corrected chi connectivity index (χ2v) is 8.50. The van der Waals surface area contributed by atoms with Gasteiger partial charge < -0.3 is 14.6 Å². The fourth-order valence-electron chi connectivity index (χ4n) is 3.37. The topological polar surface area (TPSA) is 84.9 Å². The number of aliphatic hydroxyl groups excluding tert-OH is 1. The van der Waals surface area contributed by atoms with Gasteiger partial charge in [-0.05, 0) is 39.3 Å². The summed E-state index contributed by atoms with van der Waals surface area (Å²) in [5.41, 5.74) is 1.000. The number of rotatable bonds is 4. The number of aliphatic hydroxyl groups is 1. The zero-order valence-electron chi connectivity index (χ0n) is 13.5. The van der Waals surface area contributed by atoms with Crippen LogP contribution in [-0.4, -0.2) is 44.2 Å². The van der Waals surface area contributed by atoms with Crippen molar-refractivity contribution in [3.8, 4) is 0 Å². The van der Waals surface area contributed by atoms with Crippen LogP contribution >= 0.6 is 0 Å². The molecule has 0 amide bonds. The Kier molecular flexibility index (Phi) is 4.27. The average Bonchev–Trinajstić information content (AvgIpc) is 2.93. The number of hydrogen-bond donors (Lipinski definition) is 2. The van der Waals surface area contributed by atoms with Gasteiger partial charge in [-0.1, -0.05) is 17.7 Å². The van der Waals surface area contributed by atoms with Gasteiger partial charge in [0.05, 0.1) is 17.0 Å². The van der Waals surface area contributed by atoms with Crippen molar-refractivity contribution < 1.29 is 23.0 Å². The molecule has 0 radical (unpaired) electrons. The zero-order valence-corrected chi connectivity index (χ0v) is 14.3. The Bertz CT molecular complexity index is 670. The number of nitrogens with one attached hydrogen (secondary N) is 1. The highest BCUT2D eigenvalue weighted by molar-refractivity contribution is 7.89. The molecule has 1 saturated heterocycles. The van der Waals surface area contributed by atoms with Gasteiger partial charge >= 0.3 is 0 Å². The van der Waals surface area contributed by atoms with Gasteiger partial charge in [-0.3, -0.25) is 0 Å². The van der Waals surface area contributed by atoms with Crippen molar-refractivity contribution in [2.75, 3.05) is 6.61 Å². The molecule has 7 heteroatoms. The fraction of sp³-hybridized carbons (Fsp3) is 0.625. The van der Waals surface area contributed by atoms with E-state index in [9.17, 15) is 13.5 Å². The zero-order chi connectivity index (χ0) is 16.8.